The second-order valence-electron chi connectivity index (χ2n) is 3.87. The molecule has 0 radical (unpaired) electrons. The van der Waals surface area contributed by atoms with E-state index < -0.39 is 0 Å². The Morgan fingerprint density at radius 3 is 2.69 bits per heavy atom. The molecule has 0 spiro atoms. The summed E-state index contributed by atoms with van der Waals surface area (Å²) in [7, 11) is 0. The Kier molecular flexibility index (Phi) is 2.22. The molecule has 0 N–H and O–H groups in total. The molecule has 0 saturated carbocycles. The van der Waals surface area contributed by atoms with Crippen molar-refractivity contribution >= 4 is 21.6 Å². The largest absolute Gasteiger partial charge is 0.245 e. The van der Waals surface area contributed by atoms with E-state index in [0.717, 1.165) is 4.83 Å². The summed E-state index contributed by atoms with van der Waals surface area (Å²) >= 11 is 1.70. The van der Waals surface area contributed by atoms with E-state index in [0.29, 0.717) is 0 Å². The fraction of sp³-hybridized carbons (Fsp3) is 0.0714. The number of hydrogen-bond acceptors (Lipinski definition) is 2. The summed E-state index contributed by atoms with van der Waals surface area (Å²) in [5.41, 5.74) is 3.85. The predicted molar refractivity (Wildman–Crippen MR) is 69.8 cm³/mol. The van der Waals surface area contributed by atoms with Gasteiger partial charge in [-0.1, -0.05) is 29.8 Å². The molecule has 2 aromatic heterocycles. The minimum absolute atomic E-state index is 1.11. The van der Waals surface area contributed by atoms with Gasteiger partial charge in [0.05, 0.1) is 0 Å². The molecule has 1 aromatic carbocycles. The molecule has 0 fully saturated rings. The third-order valence-electron chi connectivity index (χ3n) is 2.71. The van der Waals surface area contributed by atoms with Gasteiger partial charge in [-0.2, -0.15) is 0 Å². The smallest absolute Gasteiger partial charge is 0.123 e. The topological polar surface area (TPSA) is 12.9 Å². The summed E-state index contributed by atoms with van der Waals surface area (Å²) in [6, 6.07) is 12.8. The fourth-order valence-corrected chi connectivity index (χ4v) is 2.74. The highest BCUT2D eigenvalue weighted by Gasteiger charge is 2.05. The molecule has 3 aromatic rings. The van der Waals surface area contributed by atoms with E-state index in [9.17, 15) is 0 Å². The maximum atomic E-state index is 4.36. The SMILES string of the molecule is Cc1ccc(-c2csc3ncccc23)cc1. The Balaban J connectivity index is 2.22. The molecule has 16 heavy (non-hydrogen) atoms. The zero-order valence-corrected chi connectivity index (χ0v) is 9.79. The lowest BCUT2D eigenvalue weighted by molar-refractivity contribution is 1.44. The molecule has 0 atom stereocenters. The molecule has 0 aliphatic heterocycles. The van der Waals surface area contributed by atoms with Crippen LogP contribution in [0.1, 0.15) is 5.56 Å². The van der Waals surface area contributed by atoms with Crippen LogP contribution in [0.2, 0.25) is 0 Å². The molecule has 78 valence electrons. The van der Waals surface area contributed by atoms with Crippen molar-refractivity contribution in [3.63, 3.8) is 0 Å². The zero-order chi connectivity index (χ0) is 11.0. The first-order chi connectivity index (χ1) is 7.84. The summed E-state index contributed by atoms with van der Waals surface area (Å²) in [6.07, 6.45) is 1.84. The Labute approximate surface area is 98.4 Å². The molecule has 2 heteroatoms. The number of thiophene rings is 1. The van der Waals surface area contributed by atoms with Crippen LogP contribution in [-0.2, 0) is 0 Å². The van der Waals surface area contributed by atoms with E-state index in [2.05, 4.69) is 47.6 Å². The van der Waals surface area contributed by atoms with Crippen LogP contribution in [0.4, 0.5) is 0 Å². The molecule has 0 bridgehead atoms. The van der Waals surface area contributed by atoms with Crippen LogP contribution in [-0.4, -0.2) is 4.98 Å². The van der Waals surface area contributed by atoms with Crippen LogP contribution in [0, 0.1) is 6.92 Å². The highest BCUT2D eigenvalue weighted by atomic mass is 32.1. The average Bonchev–Trinajstić information content (AvgIpc) is 2.74. The molecule has 0 amide bonds. The first-order valence-electron chi connectivity index (χ1n) is 5.24. The summed E-state index contributed by atoms with van der Waals surface area (Å²) in [4.78, 5) is 5.47. The van der Waals surface area contributed by atoms with Crippen molar-refractivity contribution in [3.8, 4) is 11.1 Å². The van der Waals surface area contributed by atoms with Crippen LogP contribution < -0.4 is 0 Å². The van der Waals surface area contributed by atoms with E-state index in [1.54, 1.807) is 11.3 Å². The molecular weight excluding hydrogens is 214 g/mol. The van der Waals surface area contributed by atoms with Crippen molar-refractivity contribution in [3.05, 3.63) is 53.5 Å². The maximum absolute atomic E-state index is 4.36. The van der Waals surface area contributed by atoms with Crippen molar-refractivity contribution < 1.29 is 0 Å². The second-order valence-corrected chi connectivity index (χ2v) is 4.73. The van der Waals surface area contributed by atoms with E-state index in [1.165, 1.54) is 22.1 Å². The lowest BCUT2D eigenvalue weighted by Gasteiger charge is -2.00. The summed E-state index contributed by atoms with van der Waals surface area (Å²) < 4.78 is 0. The lowest BCUT2D eigenvalue weighted by Crippen LogP contribution is -1.77. The maximum Gasteiger partial charge on any atom is 0.123 e. The zero-order valence-electron chi connectivity index (χ0n) is 8.97. The van der Waals surface area contributed by atoms with Gasteiger partial charge in [-0.25, -0.2) is 4.98 Å². The molecule has 0 unspecified atom stereocenters. The van der Waals surface area contributed by atoms with Crippen LogP contribution >= 0.6 is 11.3 Å². The highest BCUT2D eigenvalue weighted by molar-refractivity contribution is 7.17. The molecule has 0 aliphatic carbocycles. The van der Waals surface area contributed by atoms with Gasteiger partial charge in [-0.15, -0.1) is 11.3 Å². The molecule has 1 nitrogen and oxygen atoms in total. The Morgan fingerprint density at radius 2 is 1.88 bits per heavy atom. The number of nitrogens with zero attached hydrogens (tertiary/aromatic N) is 1. The summed E-state index contributed by atoms with van der Waals surface area (Å²) in [6.45, 7) is 2.11. The predicted octanol–water partition coefficient (Wildman–Crippen LogP) is 4.27. The standard InChI is InChI=1S/C14H11NS/c1-10-4-6-11(7-5-10)13-9-16-14-12(13)3-2-8-15-14/h2-9H,1H3. The lowest BCUT2D eigenvalue weighted by atomic mass is 10.0. The second kappa shape index (κ2) is 3.72. The van der Waals surface area contributed by atoms with Gasteiger partial charge in [0.25, 0.3) is 0 Å². The number of rotatable bonds is 1. The first-order valence-corrected chi connectivity index (χ1v) is 6.12. The summed E-state index contributed by atoms with van der Waals surface area (Å²) in [5.74, 6) is 0. The van der Waals surface area contributed by atoms with Crippen LogP contribution in [0.25, 0.3) is 21.3 Å². The monoisotopic (exact) mass is 225 g/mol. The van der Waals surface area contributed by atoms with Gasteiger partial charge in [0.2, 0.25) is 0 Å². The number of benzene rings is 1. The molecular formula is C14H11NS. The van der Waals surface area contributed by atoms with Crippen molar-refractivity contribution in [2.75, 3.05) is 0 Å². The van der Waals surface area contributed by atoms with Crippen molar-refractivity contribution in [1.82, 2.24) is 4.98 Å². The van der Waals surface area contributed by atoms with Crippen molar-refractivity contribution in [2.45, 2.75) is 6.92 Å². The Hall–Kier alpha value is -1.67. The summed E-state index contributed by atoms with van der Waals surface area (Å²) in [5, 5.41) is 3.43. The van der Waals surface area contributed by atoms with E-state index in [4.69, 9.17) is 0 Å². The van der Waals surface area contributed by atoms with Gasteiger partial charge in [-0.05, 0) is 24.6 Å². The van der Waals surface area contributed by atoms with E-state index >= 15 is 0 Å². The average molecular weight is 225 g/mol. The molecule has 0 aliphatic rings. The minimum atomic E-state index is 1.11. The van der Waals surface area contributed by atoms with E-state index in [-0.39, 0.29) is 0 Å². The third kappa shape index (κ3) is 1.51. The molecule has 0 saturated heterocycles. The number of hydrogen-bond donors (Lipinski definition) is 0. The van der Waals surface area contributed by atoms with Gasteiger partial charge < -0.3 is 0 Å². The van der Waals surface area contributed by atoms with Crippen LogP contribution in [0.15, 0.2) is 48.0 Å². The normalized spacial score (nSPS) is 10.8. The van der Waals surface area contributed by atoms with Crippen LogP contribution in [0.5, 0.6) is 0 Å². The van der Waals surface area contributed by atoms with Crippen molar-refractivity contribution in [2.24, 2.45) is 0 Å². The molecule has 3 rings (SSSR count). The number of pyridine rings is 1. The number of aromatic nitrogens is 1. The van der Waals surface area contributed by atoms with Gasteiger partial charge in [0.1, 0.15) is 4.83 Å². The minimum Gasteiger partial charge on any atom is -0.245 e. The first kappa shape index (κ1) is 9.55. The number of fused-ring (bicyclic) bond motifs is 1. The van der Waals surface area contributed by atoms with E-state index in [1.807, 2.05) is 12.3 Å². The Bertz CT molecular complexity index is 623. The van der Waals surface area contributed by atoms with Gasteiger partial charge in [-0.3, -0.25) is 0 Å². The third-order valence-corrected chi connectivity index (χ3v) is 3.61. The molecule has 2 heterocycles. The Morgan fingerprint density at radius 1 is 1.06 bits per heavy atom. The van der Waals surface area contributed by atoms with Crippen LogP contribution in [0.3, 0.4) is 0 Å². The fourth-order valence-electron chi connectivity index (χ4n) is 1.82. The number of aryl methyl sites for hydroxylation is 1. The van der Waals surface area contributed by atoms with Crippen molar-refractivity contribution in [1.29, 1.82) is 0 Å². The van der Waals surface area contributed by atoms with Gasteiger partial charge >= 0.3 is 0 Å². The quantitative estimate of drug-likeness (QED) is 0.602. The highest BCUT2D eigenvalue weighted by Crippen LogP contribution is 2.32. The van der Waals surface area contributed by atoms with Gasteiger partial charge in [0, 0.05) is 22.5 Å². The van der Waals surface area contributed by atoms with Gasteiger partial charge in [0.15, 0.2) is 0 Å².